The van der Waals surface area contributed by atoms with E-state index in [0.717, 1.165) is 17.9 Å². The number of aromatic amines is 1. The number of fused-ring (bicyclic) bond motifs is 1. The van der Waals surface area contributed by atoms with Crippen molar-refractivity contribution in [1.29, 1.82) is 0 Å². The zero-order valence-corrected chi connectivity index (χ0v) is 6.92. The maximum atomic E-state index is 11.0. The molecule has 0 fully saturated rings. The van der Waals surface area contributed by atoms with Crippen LogP contribution in [-0.2, 0) is 17.8 Å². The van der Waals surface area contributed by atoms with Gasteiger partial charge in [-0.05, 0) is 6.92 Å². The second kappa shape index (κ2) is 2.71. The van der Waals surface area contributed by atoms with Crippen LogP contribution in [-0.4, -0.2) is 21.8 Å². The van der Waals surface area contributed by atoms with Crippen molar-refractivity contribution in [1.82, 2.24) is 15.3 Å². The van der Waals surface area contributed by atoms with E-state index in [2.05, 4.69) is 15.3 Å². The summed E-state index contributed by atoms with van der Waals surface area (Å²) >= 11 is 0. The van der Waals surface area contributed by atoms with E-state index >= 15 is 0 Å². The van der Waals surface area contributed by atoms with E-state index in [4.69, 9.17) is 0 Å². The molecule has 2 N–H and O–H groups in total. The van der Waals surface area contributed by atoms with Crippen LogP contribution in [0.4, 0.5) is 0 Å². The predicted molar refractivity (Wildman–Crippen MR) is 43.6 cm³/mol. The first-order valence-corrected chi connectivity index (χ1v) is 4.02. The van der Waals surface area contributed by atoms with Crippen molar-refractivity contribution < 1.29 is 4.79 Å². The Labute approximate surface area is 70.4 Å². The van der Waals surface area contributed by atoms with Crippen LogP contribution in [0.25, 0.3) is 0 Å². The van der Waals surface area contributed by atoms with Gasteiger partial charge in [-0.2, -0.15) is 0 Å². The standard InChI is InChI=1S/C8H11N3O/c1-5(12)6-2-7-8(3-9-6)11-4-10-7/h4,6,9H,2-3H2,1H3,(H,10,11). The van der Waals surface area contributed by atoms with E-state index in [1.54, 1.807) is 13.3 Å². The molecule has 0 spiro atoms. The lowest BCUT2D eigenvalue weighted by Crippen LogP contribution is -2.40. The Morgan fingerprint density at radius 2 is 2.58 bits per heavy atom. The van der Waals surface area contributed by atoms with Gasteiger partial charge < -0.3 is 10.3 Å². The molecule has 0 saturated heterocycles. The van der Waals surface area contributed by atoms with Crippen molar-refractivity contribution in [2.75, 3.05) is 0 Å². The van der Waals surface area contributed by atoms with Crippen LogP contribution in [0.3, 0.4) is 0 Å². The van der Waals surface area contributed by atoms with Gasteiger partial charge in [0, 0.05) is 13.0 Å². The van der Waals surface area contributed by atoms with Crippen LogP contribution < -0.4 is 5.32 Å². The number of rotatable bonds is 1. The molecular formula is C8H11N3O. The van der Waals surface area contributed by atoms with Crippen LogP contribution in [0.2, 0.25) is 0 Å². The van der Waals surface area contributed by atoms with Crippen LogP contribution in [0, 0.1) is 0 Å². The summed E-state index contributed by atoms with van der Waals surface area (Å²) in [5.41, 5.74) is 2.13. The van der Waals surface area contributed by atoms with Gasteiger partial charge >= 0.3 is 0 Å². The molecule has 1 aromatic heterocycles. The number of ketones is 1. The zero-order chi connectivity index (χ0) is 8.55. The highest BCUT2D eigenvalue weighted by molar-refractivity contribution is 5.81. The number of Topliss-reactive ketones (excluding diaryl/α,β-unsaturated/α-hetero) is 1. The van der Waals surface area contributed by atoms with E-state index in [1.165, 1.54) is 0 Å². The molecule has 64 valence electrons. The van der Waals surface area contributed by atoms with Crippen LogP contribution >= 0.6 is 0 Å². The third kappa shape index (κ3) is 1.14. The fourth-order valence-electron chi connectivity index (χ4n) is 1.46. The third-order valence-electron chi connectivity index (χ3n) is 2.22. The number of carbonyl (C=O) groups is 1. The molecule has 0 radical (unpaired) electrons. The topological polar surface area (TPSA) is 57.8 Å². The molecule has 1 unspecified atom stereocenters. The van der Waals surface area contributed by atoms with E-state index in [0.29, 0.717) is 6.42 Å². The Morgan fingerprint density at radius 1 is 1.75 bits per heavy atom. The van der Waals surface area contributed by atoms with Crippen molar-refractivity contribution >= 4 is 5.78 Å². The minimum atomic E-state index is -0.0409. The van der Waals surface area contributed by atoms with Crippen LogP contribution in [0.15, 0.2) is 6.33 Å². The molecule has 0 aliphatic carbocycles. The average Bonchev–Trinajstić information content (AvgIpc) is 2.49. The molecule has 2 rings (SSSR count). The maximum Gasteiger partial charge on any atom is 0.147 e. The Bertz CT molecular complexity index is 305. The maximum absolute atomic E-state index is 11.0. The summed E-state index contributed by atoms with van der Waals surface area (Å²) in [6.07, 6.45) is 2.39. The summed E-state index contributed by atoms with van der Waals surface area (Å²) in [5, 5.41) is 3.14. The first-order chi connectivity index (χ1) is 5.77. The highest BCUT2D eigenvalue weighted by Crippen LogP contribution is 2.12. The normalized spacial score (nSPS) is 21.9. The molecule has 4 nitrogen and oxygen atoms in total. The average molecular weight is 165 g/mol. The minimum Gasteiger partial charge on any atom is -0.347 e. The molecule has 1 aliphatic rings. The summed E-state index contributed by atoms with van der Waals surface area (Å²) in [6, 6.07) is -0.0409. The van der Waals surface area contributed by atoms with Crippen molar-refractivity contribution in [3.63, 3.8) is 0 Å². The number of hydrogen-bond donors (Lipinski definition) is 2. The highest BCUT2D eigenvalue weighted by Gasteiger charge is 2.22. The number of aromatic nitrogens is 2. The van der Waals surface area contributed by atoms with E-state index in [-0.39, 0.29) is 11.8 Å². The monoisotopic (exact) mass is 165 g/mol. The fourth-order valence-corrected chi connectivity index (χ4v) is 1.46. The Kier molecular flexibility index (Phi) is 1.69. The van der Waals surface area contributed by atoms with Crippen molar-refractivity contribution in [3.8, 4) is 0 Å². The van der Waals surface area contributed by atoms with Crippen molar-refractivity contribution in [2.24, 2.45) is 0 Å². The molecule has 1 aromatic rings. The second-order valence-corrected chi connectivity index (χ2v) is 3.08. The van der Waals surface area contributed by atoms with Gasteiger partial charge in [0.25, 0.3) is 0 Å². The first-order valence-electron chi connectivity index (χ1n) is 4.02. The minimum absolute atomic E-state index is 0.0409. The van der Waals surface area contributed by atoms with Gasteiger partial charge in [-0.3, -0.25) is 4.79 Å². The largest absolute Gasteiger partial charge is 0.347 e. The lowest BCUT2D eigenvalue weighted by Gasteiger charge is -2.20. The summed E-state index contributed by atoms with van der Waals surface area (Å²) < 4.78 is 0. The predicted octanol–water partition coefficient (Wildman–Crippen LogP) is 0.0130. The van der Waals surface area contributed by atoms with Gasteiger partial charge in [0.2, 0.25) is 0 Å². The second-order valence-electron chi connectivity index (χ2n) is 3.08. The SMILES string of the molecule is CC(=O)C1Cc2nc[nH]c2CN1. The number of imidazole rings is 1. The van der Waals surface area contributed by atoms with E-state index < -0.39 is 0 Å². The summed E-state index contributed by atoms with van der Waals surface area (Å²) in [7, 11) is 0. The zero-order valence-electron chi connectivity index (χ0n) is 6.92. The Hall–Kier alpha value is -1.16. The van der Waals surface area contributed by atoms with Crippen molar-refractivity contribution in [3.05, 3.63) is 17.7 Å². The van der Waals surface area contributed by atoms with Gasteiger partial charge in [-0.15, -0.1) is 0 Å². The van der Waals surface area contributed by atoms with Crippen molar-refractivity contribution in [2.45, 2.75) is 25.9 Å². The smallest absolute Gasteiger partial charge is 0.147 e. The first kappa shape index (κ1) is 7.49. The van der Waals surface area contributed by atoms with Gasteiger partial charge in [-0.25, -0.2) is 4.98 Å². The van der Waals surface area contributed by atoms with Gasteiger partial charge in [-0.1, -0.05) is 0 Å². The molecule has 0 bridgehead atoms. The highest BCUT2D eigenvalue weighted by atomic mass is 16.1. The van der Waals surface area contributed by atoms with Gasteiger partial charge in [0.05, 0.1) is 23.8 Å². The van der Waals surface area contributed by atoms with E-state index in [9.17, 15) is 4.79 Å². The Balaban J connectivity index is 2.20. The lowest BCUT2D eigenvalue weighted by atomic mass is 10.0. The fraction of sp³-hybridized carbons (Fsp3) is 0.500. The van der Waals surface area contributed by atoms with Gasteiger partial charge in [0.15, 0.2) is 0 Å². The summed E-state index contributed by atoms with van der Waals surface area (Å²) in [6.45, 7) is 2.33. The van der Waals surface area contributed by atoms with Gasteiger partial charge in [0.1, 0.15) is 5.78 Å². The summed E-state index contributed by atoms with van der Waals surface area (Å²) in [5.74, 6) is 0.184. The molecule has 2 heterocycles. The number of H-pyrrole nitrogens is 1. The number of hydrogen-bond acceptors (Lipinski definition) is 3. The molecular weight excluding hydrogens is 154 g/mol. The third-order valence-corrected chi connectivity index (χ3v) is 2.22. The molecule has 0 aromatic carbocycles. The molecule has 1 aliphatic heterocycles. The van der Waals surface area contributed by atoms with Crippen LogP contribution in [0.5, 0.6) is 0 Å². The Morgan fingerprint density at radius 3 is 3.33 bits per heavy atom. The van der Waals surface area contributed by atoms with Crippen LogP contribution in [0.1, 0.15) is 18.3 Å². The van der Waals surface area contributed by atoms with E-state index in [1.807, 2.05) is 0 Å². The quantitative estimate of drug-likeness (QED) is 0.616. The molecule has 1 atom stereocenters. The molecule has 0 saturated carbocycles. The lowest BCUT2D eigenvalue weighted by molar-refractivity contribution is -0.119. The molecule has 4 heteroatoms. The summed E-state index contributed by atoms with van der Waals surface area (Å²) in [4.78, 5) is 18.2. The number of nitrogens with one attached hydrogen (secondary N) is 2. The number of carbonyl (C=O) groups excluding carboxylic acids is 1. The molecule has 12 heavy (non-hydrogen) atoms. The number of nitrogens with zero attached hydrogens (tertiary/aromatic N) is 1. The molecule has 0 amide bonds.